The minimum atomic E-state index is -5.91. The molecule has 0 unspecified atom stereocenters. The largest absolute Gasteiger partial charge is 0.481 e. The number of esters is 1. The van der Waals surface area contributed by atoms with Crippen molar-refractivity contribution in [1.82, 2.24) is 4.90 Å². The zero-order valence-corrected chi connectivity index (χ0v) is 9.88. The van der Waals surface area contributed by atoms with Crippen molar-refractivity contribution in [2.45, 2.75) is 37.0 Å². The Morgan fingerprint density at radius 2 is 1.75 bits per heavy atom. The fraction of sp³-hybridized carbons (Fsp3) is 0.778. The van der Waals surface area contributed by atoms with Crippen LogP contribution in [0.4, 0.5) is 26.3 Å². The van der Waals surface area contributed by atoms with Gasteiger partial charge in [-0.05, 0) is 13.5 Å². The molecule has 0 saturated carbocycles. The second kappa shape index (κ2) is 4.79. The molecule has 0 amide bonds. The zero-order chi connectivity index (χ0) is 15.9. The highest BCUT2D eigenvalue weighted by atomic mass is 19.4. The van der Waals surface area contributed by atoms with Gasteiger partial charge in [-0.2, -0.15) is 26.3 Å². The Morgan fingerprint density at radius 1 is 1.30 bits per heavy atom. The van der Waals surface area contributed by atoms with Gasteiger partial charge in [-0.1, -0.05) is 0 Å². The minimum Gasteiger partial charge on any atom is -0.481 e. The van der Waals surface area contributed by atoms with E-state index in [0.29, 0.717) is 7.05 Å². The Bertz CT molecular complexity index is 404. The van der Waals surface area contributed by atoms with E-state index in [1.54, 1.807) is 0 Å². The number of carboxylic acid groups (broad SMARTS) is 1. The predicted octanol–water partition coefficient (Wildman–Crippen LogP) is 1.53. The van der Waals surface area contributed by atoms with E-state index in [1.165, 1.54) is 0 Å². The number of rotatable bonds is 3. The number of carboxylic acids is 1. The third kappa shape index (κ3) is 2.41. The van der Waals surface area contributed by atoms with Gasteiger partial charge in [0.15, 0.2) is 0 Å². The molecule has 1 atom stereocenters. The van der Waals surface area contributed by atoms with Gasteiger partial charge in [-0.3, -0.25) is 9.59 Å². The number of alkyl halides is 6. The maximum Gasteiger partial charge on any atom is 0.453 e. The van der Waals surface area contributed by atoms with Gasteiger partial charge in [-0.15, -0.1) is 0 Å². The van der Waals surface area contributed by atoms with Crippen molar-refractivity contribution in [3.05, 3.63) is 0 Å². The highest BCUT2D eigenvalue weighted by Gasteiger charge is 2.80. The monoisotopic (exact) mass is 309 g/mol. The third-order valence-electron chi connectivity index (χ3n) is 2.88. The number of carbonyl (C=O) groups is 2. The molecule has 0 bridgehead atoms. The molecule has 0 radical (unpaired) electrons. The number of likely N-dealkylation sites (N-methyl/N-ethyl adjacent to an activating group) is 1. The molecule has 1 N–H and O–H groups in total. The second-order valence-corrected chi connectivity index (χ2v) is 4.12. The summed E-state index contributed by atoms with van der Waals surface area (Å²) in [7, 11) is 0.415. The van der Waals surface area contributed by atoms with E-state index in [2.05, 4.69) is 4.74 Å². The zero-order valence-electron chi connectivity index (χ0n) is 9.88. The van der Waals surface area contributed by atoms with Gasteiger partial charge >= 0.3 is 30.0 Å². The lowest BCUT2D eigenvalue weighted by Gasteiger charge is -2.37. The molecular formula is C9H9F6NO4. The quantitative estimate of drug-likeness (QED) is 0.632. The fourth-order valence-corrected chi connectivity index (χ4v) is 1.91. The molecular weight excluding hydrogens is 300 g/mol. The van der Waals surface area contributed by atoms with Crippen LogP contribution in [0, 0.1) is 0 Å². The van der Waals surface area contributed by atoms with Gasteiger partial charge in [0.25, 0.3) is 0 Å². The van der Waals surface area contributed by atoms with E-state index >= 15 is 0 Å². The Hall–Kier alpha value is -1.52. The van der Waals surface area contributed by atoms with Gasteiger partial charge in [0.1, 0.15) is 6.04 Å². The molecule has 1 aliphatic rings. The van der Waals surface area contributed by atoms with Crippen LogP contribution < -0.4 is 0 Å². The first-order valence-corrected chi connectivity index (χ1v) is 5.15. The summed E-state index contributed by atoms with van der Waals surface area (Å²) >= 11 is 0. The molecule has 1 aliphatic heterocycles. The summed E-state index contributed by atoms with van der Waals surface area (Å²) in [5.74, 6) is -3.22. The molecule has 1 heterocycles. The Labute approximate surface area is 108 Å². The van der Waals surface area contributed by atoms with Crippen LogP contribution in [0.2, 0.25) is 0 Å². The molecule has 0 aromatic carbocycles. The maximum atomic E-state index is 12.8. The highest BCUT2D eigenvalue weighted by Crippen LogP contribution is 2.51. The molecule has 1 fully saturated rings. The summed E-state index contributed by atoms with van der Waals surface area (Å²) in [6, 6.07) is -1.94. The lowest BCUT2D eigenvalue weighted by atomic mass is 10.1. The summed E-state index contributed by atoms with van der Waals surface area (Å²) < 4.78 is 80.1. The molecule has 0 spiro atoms. The number of ether oxygens (including phenoxy) is 1. The topological polar surface area (TPSA) is 66.8 Å². The average Bonchev–Trinajstić information content (AvgIpc) is 2.47. The molecule has 1 rings (SSSR count). The van der Waals surface area contributed by atoms with E-state index in [-0.39, 0.29) is 4.90 Å². The van der Waals surface area contributed by atoms with Crippen LogP contribution in [-0.2, 0) is 14.3 Å². The average molecular weight is 309 g/mol. The van der Waals surface area contributed by atoms with Crippen molar-refractivity contribution >= 4 is 11.9 Å². The Balaban J connectivity index is 3.18. The van der Waals surface area contributed by atoms with Crippen LogP contribution in [0.3, 0.4) is 0 Å². The van der Waals surface area contributed by atoms with Crippen molar-refractivity contribution in [3.8, 4) is 0 Å². The van der Waals surface area contributed by atoms with E-state index in [9.17, 15) is 35.9 Å². The number of aliphatic carboxylic acids is 1. The van der Waals surface area contributed by atoms with E-state index in [4.69, 9.17) is 5.11 Å². The van der Waals surface area contributed by atoms with Crippen LogP contribution in [0.1, 0.15) is 12.8 Å². The fourth-order valence-electron chi connectivity index (χ4n) is 1.91. The van der Waals surface area contributed by atoms with E-state index in [1.807, 2.05) is 0 Å². The number of hydrogen-bond acceptors (Lipinski definition) is 4. The number of nitrogens with zero attached hydrogens (tertiary/aromatic N) is 1. The Kier molecular flexibility index (Phi) is 3.96. The first kappa shape index (κ1) is 16.5. The van der Waals surface area contributed by atoms with Crippen LogP contribution in [0.25, 0.3) is 0 Å². The van der Waals surface area contributed by atoms with E-state index < -0.39 is 48.9 Å². The molecule has 1 saturated heterocycles. The Morgan fingerprint density at radius 3 is 2.05 bits per heavy atom. The van der Waals surface area contributed by atoms with Gasteiger partial charge in [0, 0.05) is 6.42 Å². The maximum absolute atomic E-state index is 12.8. The summed E-state index contributed by atoms with van der Waals surface area (Å²) in [5, 5.41) is 8.38. The first-order chi connectivity index (χ1) is 8.84. The molecule has 5 nitrogen and oxygen atoms in total. The lowest BCUT2D eigenvalue weighted by molar-refractivity contribution is -0.398. The minimum absolute atomic E-state index is 0.321. The summed E-state index contributed by atoms with van der Waals surface area (Å²) in [4.78, 5) is 21.2. The lowest BCUT2D eigenvalue weighted by Crippen LogP contribution is -2.65. The predicted molar refractivity (Wildman–Crippen MR) is 49.4 cm³/mol. The smallest absolute Gasteiger partial charge is 0.453 e. The van der Waals surface area contributed by atoms with Crippen LogP contribution in [-0.4, -0.2) is 53.1 Å². The molecule has 116 valence electrons. The van der Waals surface area contributed by atoms with E-state index in [0.717, 1.165) is 0 Å². The van der Waals surface area contributed by atoms with Gasteiger partial charge in [-0.25, -0.2) is 4.90 Å². The first-order valence-electron chi connectivity index (χ1n) is 5.15. The molecule has 0 aromatic rings. The second-order valence-electron chi connectivity index (χ2n) is 4.12. The number of cyclic esters (lactones) is 1. The number of hydrogen-bond donors (Lipinski definition) is 1. The van der Waals surface area contributed by atoms with Crippen molar-refractivity contribution in [2.75, 3.05) is 7.05 Å². The van der Waals surface area contributed by atoms with Crippen molar-refractivity contribution in [3.63, 3.8) is 0 Å². The normalized spacial score (nSPS) is 23.8. The summed E-state index contributed by atoms with van der Waals surface area (Å²) in [6.45, 7) is 0. The van der Waals surface area contributed by atoms with Crippen LogP contribution >= 0.6 is 0 Å². The summed E-state index contributed by atoms with van der Waals surface area (Å²) in [6.07, 6.45) is -13.3. The van der Waals surface area contributed by atoms with Crippen molar-refractivity contribution in [2.24, 2.45) is 0 Å². The third-order valence-corrected chi connectivity index (χ3v) is 2.88. The molecule has 0 aliphatic carbocycles. The highest BCUT2D eigenvalue weighted by molar-refractivity contribution is 5.79. The van der Waals surface area contributed by atoms with Gasteiger partial charge < -0.3 is 9.84 Å². The van der Waals surface area contributed by atoms with Crippen LogP contribution in [0.15, 0.2) is 0 Å². The number of carbonyl (C=O) groups excluding carboxylic acids is 1. The SMILES string of the molecule is CN1[C@@H](CCC(=O)O)C(=O)OC1(C(F)(F)F)C(F)(F)F. The number of halogens is 6. The standard InChI is InChI=1S/C9H9F6NO4/c1-16-4(2-3-5(17)18)6(19)20-7(16,8(10,11)12)9(13,14)15/h4H,2-3H2,1H3,(H,17,18)/t4-/m0/s1. The molecule has 20 heavy (non-hydrogen) atoms. The van der Waals surface area contributed by atoms with Crippen molar-refractivity contribution < 1.29 is 45.8 Å². The van der Waals surface area contributed by atoms with Gasteiger partial charge in [0.2, 0.25) is 0 Å². The molecule has 0 aromatic heterocycles. The van der Waals surface area contributed by atoms with Gasteiger partial charge in [0.05, 0.1) is 0 Å². The summed E-state index contributed by atoms with van der Waals surface area (Å²) in [5.41, 5.74) is -4.75. The molecule has 11 heteroatoms. The van der Waals surface area contributed by atoms with Crippen LogP contribution in [0.5, 0.6) is 0 Å². The van der Waals surface area contributed by atoms with Crippen molar-refractivity contribution in [1.29, 1.82) is 0 Å².